The Balaban J connectivity index is 2.59. The van der Waals surface area contributed by atoms with Gasteiger partial charge < -0.3 is 5.11 Å². The standard InChI is InChI=1S/C14H12F2O/c1-9(17)10-6-7-14(16)12(8-10)11-4-2-3-5-13(11)15/h2-9,17H,1H3. The molecular weight excluding hydrogens is 222 g/mol. The molecule has 0 spiro atoms. The summed E-state index contributed by atoms with van der Waals surface area (Å²) in [6.45, 7) is 1.58. The number of benzene rings is 2. The highest BCUT2D eigenvalue weighted by Gasteiger charge is 2.11. The van der Waals surface area contributed by atoms with Gasteiger partial charge in [0.15, 0.2) is 0 Å². The predicted octanol–water partition coefficient (Wildman–Crippen LogP) is 3.69. The van der Waals surface area contributed by atoms with Gasteiger partial charge in [-0.25, -0.2) is 8.78 Å². The Kier molecular flexibility index (Phi) is 3.20. The summed E-state index contributed by atoms with van der Waals surface area (Å²) < 4.78 is 27.2. The zero-order valence-electron chi connectivity index (χ0n) is 9.32. The number of aliphatic hydroxyl groups excluding tert-OH is 1. The van der Waals surface area contributed by atoms with E-state index in [9.17, 15) is 13.9 Å². The van der Waals surface area contributed by atoms with Gasteiger partial charge in [0.05, 0.1) is 6.10 Å². The van der Waals surface area contributed by atoms with Gasteiger partial charge in [0.1, 0.15) is 11.6 Å². The third kappa shape index (κ3) is 2.34. The molecule has 0 heterocycles. The molecule has 2 rings (SSSR count). The first-order chi connectivity index (χ1) is 8.09. The molecular formula is C14H12F2O. The summed E-state index contributed by atoms with van der Waals surface area (Å²) in [7, 11) is 0. The Morgan fingerprint density at radius 2 is 1.59 bits per heavy atom. The van der Waals surface area contributed by atoms with E-state index in [2.05, 4.69) is 0 Å². The minimum Gasteiger partial charge on any atom is -0.389 e. The maximum absolute atomic E-state index is 13.7. The maximum Gasteiger partial charge on any atom is 0.131 e. The van der Waals surface area contributed by atoms with Crippen molar-refractivity contribution in [3.63, 3.8) is 0 Å². The maximum atomic E-state index is 13.7. The Morgan fingerprint density at radius 1 is 0.941 bits per heavy atom. The highest BCUT2D eigenvalue weighted by molar-refractivity contribution is 5.65. The lowest BCUT2D eigenvalue weighted by molar-refractivity contribution is 0.199. The van der Waals surface area contributed by atoms with Gasteiger partial charge in [-0.05, 0) is 30.7 Å². The molecule has 0 fully saturated rings. The summed E-state index contributed by atoms with van der Waals surface area (Å²) in [5.41, 5.74) is 0.929. The van der Waals surface area contributed by atoms with Crippen LogP contribution in [0.3, 0.4) is 0 Å². The van der Waals surface area contributed by atoms with Crippen molar-refractivity contribution in [3.05, 3.63) is 59.7 Å². The van der Waals surface area contributed by atoms with Crippen LogP contribution in [0.1, 0.15) is 18.6 Å². The SMILES string of the molecule is CC(O)c1ccc(F)c(-c2ccccc2F)c1. The van der Waals surface area contributed by atoms with E-state index in [1.54, 1.807) is 19.1 Å². The summed E-state index contributed by atoms with van der Waals surface area (Å²) in [6, 6.07) is 10.2. The molecule has 0 amide bonds. The number of hydrogen-bond donors (Lipinski definition) is 1. The van der Waals surface area contributed by atoms with Crippen molar-refractivity contribution >= 4 is 0 Å². The van der Waals surface area contributed by atoms with E-state index in [1.165, 1.54) is 30.3 Å². The molecule has 0 aliphatic rings. The lowest BCUT2D eigenvalue weighted by Gasteiger charge is -2.09. The molecule has 2 aromatic carbocycles. The quantitative estimate of drug-likeness (QED) is 0.840. The molecule has 0 aliphatic carbocycles. The smallest absolute Gasteiger partial charge is 0.131 e. The van der Waals surface area contributed by atoms with Crippen molar-refractivity contribution in [1.29, 1.82) is 0 Å². The van der Waals surface area contributed by atoms with E-state index in [-0.39, 0.29) is 11.1 Å². The average molecular weight is 234 g/mol. The van der Waals surface area contributed by atoms with Crippen LogP contribution in [0.5, 0.6) is 0 Å². The van der Waals surface area contributed by atoms with E-state index in [1.807, 2.05) is 0 Å². The third-order valence-electron chi connectivity index (χ3n) is 2.64. The van der Waals surface area contributed by atoms with Gasteiger partial charge in [-0.3, -0.25) is 0 Å². The second-order valence-electron chi connectivity index (χ2n) is 3.90. The lowest BCUT2D eigenvalue weighted by atomic mass is 10.00. The van der Waals surface area contributed by atoms with Crippen LogP contribution in [0.25, 0.3) is 11.1 Å². The molecule has 0 bridgehead atoms. The number of hydrogen-bond acceptors (Lipinski definition) is 1. The van der Waals surface area contributed by atoms with Crippen molar-refractivity contribution in [2.45, 2.75) is 13.0 Å². The fourth-order valence-electron chi connectivity index (χ4n) is 1.69. The van der Waals surface area contributed by atoms with Crippen LogP contribution in [-0.2, 0) is 0 Å². The normalized spacial score (nSPS) is 12.5. The molecule has 88 valence electrons. The van der Waals surface area contributed by atoms with Gasteiger partial charge in [-0.2, -0.15) is 0 Å². The fourth-order valence-corrected chi connectivity index (χ4v) is 1.69. The first-order valence-electron chi connectivity index (χ1n) is 5.32. The minimum absolute atomic E-state index is 0.168. The highest BCUT2D eigenvalue weighted by Crippen LogP contribution is 2.28. The first kappa shape index (κ1) is 11.7. The summed E-state index contributed by atoms with van der Waals surface area (Å²) in [4.78, 5) is 0. The molecule has 0 saturated carbocycles. The van der Waals surface area contributed by atoms with E-state index in [0.29, 0.717) is 5.56 Å². The van der Waals surface area contributed by atoms with Crippen LogP contribution >= 0.6 is 0 Å². The van der Waals surface area contributed by atoms with Crippen molar-refractivity contribution in [2.75, 3.05) is 0 Å². The van der Waals surface area contributed by atoms with E-state index in [4.69, 9.17) is 0 Å². The molecule has 1 N–H and O–H groups in total. The molecule has 1 nitrogen and oxygen atoms in total. The van der Waals surface area contributed by atoms with Crippen molar-refractivity contribution in [1.82, 2.24) is 0 Å². The van der Waals surface area contributed by atoms with Crippen molar-refractivity contribution in [3.8, 4) is 11.1 Å². The minimum atomic E-state index is -0.707. The monoisotopic (exact) mass is 234 g/mol. The summed E-state index contributed by atoms with van der Waals surface area (Å²) in [5, 5.41) is 9.44. The number of rotatable bonds is 2. The van der Waals surface area contributed by atoms with Gasteiger partial charge in [0.25, 0.3) is 0 Å². The van der Waals surface area contributed by atoms with E-state index >= 15 is 0 Å². The summed E-state index contributed by atoms with van der Waals surface area (Å²) in [6.07, 6.45) is -0.707. The lowest BCUT2D eigenvalue weighted by Crippen LogP contribution is -1.95. The van der Waals surface area contributed by atoms with Crippen LogP contribution in [0, 0.1) is 11.6 Å². The molecule has 1 unspecified atom stereocenters. The van der Waals surface area contributed by atoms with E-state index in [0.717, 1.165) is 0 Å². The molecule has 2 aromatic rings. The number of halogens is 2. The topological polar surface area (TPSA) is 20.2 Å². The van der Waals surface area contributed by atoms with E-state index < -0.39 is 17.7 Å². The Hall–Kier alpha value is -1.74. The van der Waals surface area contributed by atoms with Crippen molar-refractivity contribution in [2.24, 2.45) is 0 Å². The molecule has 0 aliphatic heterocycles. The second kappa shape index (κ2) is 4.63. The zero-order valence-corrected chi connectivity index (χ0v) is 9.32. The Bertz CT molecular complexity index is 535. The van der Waals surface area contributed by atoms with Crippen LogP contribution < -0.4 is 0 Å². The van der Waals surface area contributed by atoms with Crippen LogP contribution in [0.4, 0.5) is 8.78 Å². The summed E-state index contributed by atoms with van der Waals surface area (Å²) >= 11 is 0. The first-order valence-corrected chi connectivity index (χ1v) is 5.32. The van der Waals surface area contributed by atoms with Crippen LogP contribution in [-0.4, -0.2) is 5.11 Å². The average Bonchev–Trinajstić information content (AvgIpc) is 2.30. The summed E-state index contributed by atoms with van der Waals surface area (Å²) in [5.74, 6) is -0.978. The van der Waals surface area contributed by atoms with Gasteiger partial charge in [-0.15, -0.1) is 0 Å². The third-order valence-corrected chi connectivity index (χ3v) is 2.64. The highest BCUT2D eigenvalue weighted by atomic mass is 19.1. The molecule has 0 radical (unpaired) electrons. The molecule has 1 atom stereocenters. The largest absolute Gasteiger partial charge is 0.389 e. The molecule has 0 saturated heterocycles. The molecule has 17 heavy (non-hydrogen) atoms. The molecule has 3 heteroatoms. The van der Waals surface area contributed by atoms with Crippen LogP contribution in [0.15, 0.2) is 42.5 Å². The predicted molar refractivity (Wildman–Crippen MR) is 62.4 cm³/mol. The van der Waals surface area contributed by atoms with Gasteiger partial charge >= 0.3 is 0 Å². The van der Waals surface area contributed by atoms with Gasteiger partial charge in [0, 0.05) is 11.1 Å². The van der Waals surface area contributed by atoms with Crippen LogP contribution in [0.2, 0.25) is 0 Å². The fraction of sp³-hybridized carbons (Fsp3) is 0.143. The van der Waals surface area contributed by atoms with Gasteiger partial charge in [0.2, 0.25) is 0 Å². The Labute approximate surface area is 98.3 Å². The van der Waals surface area contributed by atoms with Crippen molar-refractivity contribution < 1.29 is 13.9 Å². The molecule has 0 aromatic heterocycles. The Morgan fingerprint density at radius 3 is 2.24 bits per heavy atom. The number of aliphatic hydroxyl groups is 1. The zero-order chi connectivity index (χ0) is 12.4. The van der Waals surface area contributed by atoms with Gasteiger partial charge in [-0.1, -0.05) is 24.3 Å². The second-order valence-corrected chi connectivity index (χ2v) is 3.90.